The number of imidazole rings is 1. The largest absolute Gasteiger partial charge is 0.370 e. The highest BCUT2D eigenvalue weighted by atomic mass is 16.2. The molecule has 0 saturated carbocycles. The molecule has 10 amide bonds. The maximum Gasteiger partial charge on any atom is 0.243 e. The van der Waals surface area contributed by atoms with Crippen LogP contribution in [0.5, 0.6) is 0 Å². The Labute approximate surface area is 534 Å². The number of guanidine groups is 1. The number of para-hydroxylation sites is 1. The Bertz CT molecular complexity index is 3230. The third-order valence-corrected chi connectivity index (χ3v) is 15.5. The lowest BCUT2D eigenvalue weighted by Gasteiger charge is -2.30. The number of rotatable bonds is 41. The van der Waals surface area contributed by atoms with Gasteiger partial charge >= 0.3 is 0 Å². The fourth-order valence-electron chi connectivity index (χ4n) is 10.1. The average molecular weight is 1270 g/mol. The van der Waals surface area contributed by atoms with Crippen LogP contribution >= 0.6 is 0 Å². The van der Waals surface area contributed by atoms with E-state index in [0.717, 1.165) is 10.9 Å². The Balaban J connectivity index is 1.44. The van der Waals surface area contributed by atoms with E-state index >= 15 is 0 Å². The topological polar surface area (TPSA) is 506 Å². The first-order valence-electron chi connectivity index (χ1n) is 30.9. The molecule has 3 aromatic carbocycles. The van der Waals surface area contributed by atoms with E-state index in [1.807, 2.05) is 31.2 Å². The second kappa shape index (κ2) is 38.1. The number of hydrogen-bond acceptors (Lipinski definition) is 15. The second-order valence-electron chi connectivity index (χ2n) is 22.7. The van der Waals surface area contributed by atoms with Crippen molar-refractivity contribution in [2.45, 2.75) is 158 Å². The van der Waals surface area contributed by atoms with E-state index < -0.39 is 126 Å². The summed E-state index contributed by atoms with van der Waals surface area (Å²) in [4.78, 5) is 154. The summed E-state index contributed by atoms with van der Waals surface area (Å²) in [5.41, 5.74) is 42.7. The highest BCUT2D eigenvalue weighted by molar-refractivity contribution is 5.99. The number of carbonyl (C=O) groups is 10. The van der Waals surface area contributed by atoms with Crippen LogP contribution < -0.4 is 82.7 Å². The number of nitrogens with zero attached hydrogens (tertiary/aromatic N) is 2. The number of amides is 10. The van der Waals surface area contributed by atoms with Gasteiger partial charge in [0, 0.05) is 61.2 Å². The van der Waals surface area contributed by atoms with Gasteiger partial charge in [-0.15, -0.1) is 0 Å². The van der Waals surface area contributed by atoms with Gasteiger partial charge in [0.15, 0.2) is 5.96 Å². The smallest absolute Gasteiger partial charge is 0.243 e. The summed E-state index contributed by atoms with van der Waals surface area (Å²) in [6, 6.07) is 13.1. The predicted octanol–water partition coefficient (Wildman–Crippen LogP) is -1.91. The van der Waals surface area contributed by atoms with Gasteiger partial charge in [0.05, 0.1) is 18.8 Å². The summed E-state index contributed by atoms with van der Waals surface area (Å²) < 4.78 is 0. The summed E-state index contributed by atoms with van der Waals surface area (Å²) >= 11 is 0. The number of unbranched alkanes of at least 4 members (excludes halogenated alkanes) is 2. The fraction of sp³-hybridized carbons (Fsp3) is 0.460. The Morgan fingerprint density at radius 3 is 1.48 bits per heavy atom. The molecule has 10 atom stereocenters. The maximum atomic E-state index is 15.0. The van der Waals surface area contributed by atoms with Crippen molar-refractivity contribution in [3.05, 3.63) is 126 Å². The van der Waals surface area contributed by atoms with Crippen LogP contribution in [0.4, 0.5) is 0 Å². The zero-order valence-corrected chi connectivity index (χ0v) is 52.1. The molecule has 0 spiro atoms. The van der Waals surface area contributed by atoms with Crippen LogP contribution in [0.2, 0.25) is 0 Å². The summed E-state index contributed by atoms with van der Waals surface area (Å²) in [5, 5.41) is 22.8. The molecule has 498 valence electrons. The van der Waals surface area contributed by atoms with Gasteiger partial charge in [-0.3, -0.25) is 52.9 Å². The number of fused-ring (bicyclic) bond motifs is 1. The molecule has 0 saturated heterocycles. The predicted molar refractivity (Wildman–Crippen MR) is 346 cm³/mol. The van der Waals surface area contributed by atoms with E-state index in [9.17, 15) is 47.9 Å². The first kappa shape index (κ1) is 73.0. The molecule has 0 aliphatic heterocycles. The molecular formula is C63H91N19O10. The standard InChI is InChI=1S/C63H91N19O10/c1-3-37(2)53(82-61(91)49(30-39-19-8-5-9-20-39)79-59(89)50(31-40-34-73-44-23-11-10-21-42(40)44)78-55(85)43(66)22-16-28-72-63(69)70)62(92)81-48(29-38-17-6-4-7-18-38)58(88)80-51(32-41-35-71-36-74-41)60(90)76-45(24-12-14-26-64)56(86)75-46(25-13-15-27-65)57(87)77-47(54(68)84)33-52(67)83/h4-11,17-21,23,34-37,43,45-51,53,73H,3,12-16,22,24-33,64-66H2,1-2H3,(H2,67,83)(H2,68,84)(H,71,74)(H,75,86)(H,76,90)(H,77,87)(H,78,85)(H,79,89)(H,80,88)(H,81,92)(H,82,91)(H4,69,70,72)/t37-,43-,45-,46-,47-,48+,49+,50+,51-,53-/m0/s1. The van der Waals surface area contributed by atoms with Gasteiger partial charge < -0.3 is 92.6 Å². The van der Waals surface area contributed by atoms with Crippen LogP contribution in [0, 0.1) is 5.92 Å². The van der Waals surface area contributed by atoms with Crippen LogP contribution in [0.3, 0.4) is 0 Å². The molecule has 5 rings (SSSR count). The summed E-state index contributed by atoms with van der Waals surface area (Å²) in [5.74, 6) is -8.87. The molecule has 92 heavy (non-hydrogen) atoms. The van der Waals surface area contributed by atoms with Gasteiger partial charge in [-0.1, -0.05) is 99.1 Å². The molecule has 2 aromatic heterocycles. The molecule has 5 aromatic rings. The summed E-state index contributed by atoms with van der Waals surface area (Å²) in [6.45, 7) is 4.27. The van der Waals surface area contributed by atoms with Crippen molar-refractivity contribution >= 4 is 75.9 Å². The molecule has 0 radical (unpaired) electrons. The van der Waals surface area contributed by atoms with Crippen molar-refractivity contribution in [3.8, 4) is 0 Å². The molecule has 24 N–H and O–H groups in total. The lowest BCUT2D eigenvalue weighted by Crippen LogP contribution is -2.62. The number of H-pyrrole nitrogens is 2. The highest BCUT2D eigenvalue weighted by Crippen LogP contribution is 2.20. The van der Waals surface area contributed by atoms with E-state index in [2.05, 4.69) is 62.5 Å². The summed E-state index contributed by atoms with van der Waals surface area (Å²) in [7, 11) is 0. The van der Waals surface area contributed by atoms with Crippen molar-refractivity contribution in [1.29, 1.82) is 0 Å². The quantitative estimate of drug-likeness (QED) is 0.0115. The Hall–Kier alpha value is -9.74. The van der Waals surface area contributed by atoms with Gasteiger partial charge in [0.2, 0.25) is 59.1 Å². The molecule has 0 unspecified atom stereocenters. The van der Waals surface area contributed by atoms with Gasteiger partial charge in [0.1, 0.15) is 48.3 Å². The summed E-state index contributed by atoms with van der Waals surface area (Å²) in [6.07, 6.45) is 6.11. The Morgan fingerprint density at radius 2 is 0.978 bits per heavy atom. The average Bonchev–Trinajstić information content (AvgIpc) is 2.30. The van der Waals surface area contributed by atoms with E-state index in [1.54, 1.807) is 73.8 Å². The van der Waals surface area contributed by atoms with E-state index in [0.29, 0.717) is 60.9 Å². The number of hydrogen-bond donors (Lipinski definition) is 17. The number of aromatic amines is 2. The van der Waals surface area contributed by atoms with E-state index in [4.69, 9.17) is 40.1 Å². The third-order valence-electron chi connectivity index (χ3n) is 15.5. The lowest BCUT2D eigenvalue weighted by atomic mass is 9.96. The van der Waals surface area contributed by atoms with Crippen molar-refractivity contribution in [2.24, 2.45) is 51.0 Å². The van der Waals surface area contributed by atoms with Gasteiger partial charge in [-0.25, -0.2) is 4.98 Å². The van der Waals surface area contributed by atoms with E-state index in [1.165, 1.54) is 12.5 Å². The number of aliphatic imine (C=N–C) groups is 1. The fourth-order valence-corrected chi connectivity index (χ4v) is 10.1. The highest BCUT2D eigenvalue weighted by Gasteiger charge is 2.37. The molecule has 0 aliphatic carbocycles. The van der Waals surface area contributed by atoms with Crippen molar-refractivity contribution in [1.82, 2.24) is 57.5 Å². The number of carbonyl (C=O) groups excluding carboxylic acids is 10. The normalized spacial score (nSPS) is 14.4. The molecule has 29 nitrogen and oxygen atoms in total. The van der Waals surface area contributed by atoms with Crippen molar-refractivity contribution in [3.63, 3.8) is 0 Å². The zero-order valence-electron chi connectivity index (χ0n) is 52.1. The first-order valence-corrected chi connectivity index (χ1v) is 30.9. The van der Waals surface area contributed by atoms with Crippen molar-refractivity contribution in [2.75, 3.05) is 19.6 Å². The van der Waals surface area contributed by atoms with Gasteiger partial charge in [-0.2, -0.15) is 0 Å². The van der Waals surface area contributed by atoms with Crippen LogP contribution in [0.15, 0.2) is 109 Å². The lowest BCUT2D eigenvalue weighted by molar-refractivity contribution is -0.136. The zero-order chi connectivity index (χ0) is 67.1. The monoisotopic (exact) mass is 1270 g/mol. The van der Waals surface area contributed by atoms with Gasteiger partial charge in [-0.05, 0) is 93.1 Å². The molecular weight excluding hydrogens is 1180 g/mol. The molecule has 0 bridgehead atoms. The molecule has 29 heteroatoms. The Morgan fingerprint density at radius 1 is 0.511 bits per heavy atom. The minimum absolute atomic E-state index is 0.0146. The SMILES string of the molecule is CC[C@H](C)[C@H](NC(=O)[C@@H](Cc1ccccc1)NC(=O)[C@@H](Cc1c[nH]c2ccccc12)NC(=O)[C@@H](N)CCCN=C(N)N)C(=O)N[C@H](Cc1ccccc1)C(=O)N[C@@H](Cc1cnc[nH]1)C(=O)N[C@@H](CCCCN)C(=O)N[C@@H](CCCCN)C(=O)N[C@@H](CC(N)=O)C(N)=O. The van der Waals surface area contributed by atoms with Crippen LogP contribution in [0.25, 0.3) is 10.9 Å². The van der Waals surface area contributed by atoms with Crippen LogP contribution in [-0.2, 0) is 73.6 Å². The molecule has 0 fully saturated rings. The van der Waals surface area contributed by atoms with E-state index in [-0.39, 0.29) is 70.5 Å². The maximum absolute atomic E-state index is 15.0. The number of benzene rings is 3. The number of aromatic nitrogens is 3. The first-order chi connectivity index (χ1) is 44.1. The number of nitrogens with two attached hydrogens (primary N) is 7. The third kappa shape index (κ3) is 24.2. The van der Waals surface area contributed by atoms with Crippen molar-refractivity contribution < 1.29 is 47.9 Å². The molecule has 2 heterocycles. The van der Waals surface area contributed by atoms with Crippen LogP contribution in [0.1, 0.15) is 100 Å². The number of primary amides is 2. The minimum Gasteiger partial charge on any atom is -0.370 e. The number of nitrogens with one attached hydrogen (secondary N) is 10. The Kier molecular flexibility index (Phi) is 30.2. The molecule has 0 aliphatic rings. The second-order valence-corrected chi connectivity index (χ2v) is 22.7. The van der Waals surface area contributed by atoms with Gasteiger partial charge in [0.25, 0.3) is 0 Å². The van der Waals surface area contributed by atoms with Crippen LogP contribution in [-0.4, -0.2) is 154 Å². The minimum atomic E-state index is -1.48.